The fourth-order valence-corrected chi connectivity index (χ4v) is 1.95. The molecule has 2 rings (SSSR count). The molecular weight excluding hydrogens is 336 g/mol. The van der Waals surface area contributed by atoms with E-state index in [9.17, 15) is 14.4 Å². The number of benzene rings is 2. The number of hydrogen-bond acceptors (Lipinski definition) is 6. The smallest absolute Gasteiger partial charge is 0.338 e. The van der Waals surface area contributed by atoms with Crippen molar-refractivity contribution in [2.75, 3.05) is 20.3 Å². The van der Waals surface area contributed by atoms with Crippen molar-refractivity contribution in [2.24, 2.45) is 0 Å². The van der Waals surface area contributed by atoms with Crippen molar-refractivity contribution >= 4 is 17.9 Å². The lowest BCUT2D eigenvalue weighted by Gasteiger charge is -2.07. The second-order valence-electron chi connectivity index (χ2n) is 4.84. The third kappa shape index (κ3) is 6.39. The van der Waals surface area contributed by atoms with Crippen molar-refractivity contribution in [1.82, 2.24) is 0 Å². The number of methoxy groups -OCH3 is 1. The first-order chi connectivity index (χ1) is 12.5. The monoisotopic (exact) mass is 358 g/mol. The van der Waals surface area contributed by atoms with Crippen molar-refractivity contribution in [3.63, 3.8) is 0 Å². The normalized spacial score (nSPS) is 9.35. The molecule has 0 radical (unpaired) electrons. The Morgan fingerprint density at radius 2 is 1.12 bits per heavy atom. The summed E-state index contributed by atoms with van der Waals surface area (Å²) in [5, 5.41) is 0. The van der Waals surface area contributed by atoms with Crippen molar-refractivity contribution in [3.05, 3.63) is 71.3 Å². The summed E-state index contributed by atoms with van der Waals surface area (Å²) >= 11 is 0. The van der Waals surface area contributed by atoms with E-state index in [2.05, 4.69) is 4.74 Å². The Labute approximate surface area is 152 Å². The van der Waals surface area contributed by atoms with Crippen LogP contribution in [-0.2, 0) is 14.2 Å². The molecule has 138 valence electrons. The maximum Gasteiger partial charge on any atom is 0.338 e. The molecule has 0 atom stereocenters. The molecular formula is C20H22O6. The number of ether oxygens (including phenoxy) is 3. The van der Waals surface area contributed by atoms with Crippen LogP contribution in [0.5, 0.6) is 0 Å². The SMILES string of the molecule is CCOC(=O)c1ccccc1C(=O)OCC.COC(=O)c1ccccc1. The quantitative estimate of drug-likeness (QED) is 0.601. The lowest BCUT2D eigenvalue weighted by molar-refractivity contribution is 0.0479. The minimum absolute atomic E-state index is 0.239. The van der Waals surface area contributed by atoms with E-state index in [1.165, 1.54) is 7.11 Å². The Morgan fingerprint density at radius 3 is 1.50 bits per heavy atom. The molecule has 0 spiro atoms. The molecule has 0 saturated heterocycles. The zero-order chi connectivity index (χ0) is 19.4. The average molecular weight is 358 g/mol. The van der Waals surface area contributed by atoms with E-state index in [0.29, 0.717) is 5.56 Å². The highest BCUT2D eigenvalue weighted by Crippen LogP contribution is 2.11. The number of carbonyl (C=O) groups excluding carboxylic acids is 3. The largest absolute Gasteiger partial charge is 0.465 e. The van der Waals surface area contributed by atoms with Crippen LogP contribution < -0.4 is 0 Å². The van der Waals surface area contributed by atoms with E-state index in [-0.39, 0.29) is 30.3 Å². The van der Waals surface area contributed by atoms with Gasteiger partial charge in [0.1, 0.15) is 0 Å². The number of carbonyl (C=O) groups is 3. The fourth-order valence-electron chi connectivity index (χ4n) is 1.95. The van der Waals surface area contributed by atoms with Crippen LogP contribution in [0.25, 0.3) is 0 Å². The molecule has 6 nitrogen and oxygen atoms in total. The van der Waals surface area contributed by atoms with Gasteiger partial charge in [0.25, 0.3) is 0 Å². The van der Waals surface area contributed by atoms with E-state index >= 15 is 0 Å². The van der Waals surface area contributed by atoms with Crippen molar-refractivity contribution in [3.8, 4) is 0 Å². The number of esters is 3. The van der Waals surface area contributed by atoms with Crippen molar-refractivity contribution in [2.45, 2.75) is 13.8 Å². The maximum atomic E-state index is 11.5. The van der Waals surface area contributed by atoms with Crippen LogP contribution in [0.4, 0.5) is 0 Å². The van der Waals surface area contributed by atoms with E-state index in [1.807, 2.05) is 6.07 Å². The van der Waals surface area contributed by atoms with Gasteiger partial charge in [0.15, 0.2) is 0 Å². The van der Waals surface area contributed by atoms with Crippen LogP contribution in [0.3, 0.4) is 0 Å². The van der Waals surface area contributed by atoms with Gasteiger partial charge >= 0.3 is 17.9 Å². The summed E-state index contributed by atoms with van der Waals surface area (Å²) in [6.07, 6.45) is 0. The zero-order valence-electron chi connectivity index (χ0n) is 15.1. The van der Waals surface area contributed by atoms with Crippen LogP contribution in [0, 0.1) is 0 Å². The number of hydrogen-bond donors (Lipinski definition) is 0. The predicted molar refractivity (Wildman–Crippen MR) is 96.1 cm³/mol. The molecule has 6 heteroatoms. The molecule has 0 fully saturated rings. The topological polar surface area (TPSA) is 78.9 Å². The predicted octanol–water partition coefficient (Wildman–Crippen LogP) is 3.51. The second kappa shape index (κ2) is 11.4. The minimum atomic E-state index is -0.508. The molecule has 0 saturated carbocycles. The minimum Gasteiger partial charge on any atom is -0.465 e. The van der Waals surface area contributed by atoms with Gasteiger partial charge in [-0.3, -0.25) is 0 Å². The Balaban J connectivity index is 0.000000289. The van der Waals surface area contributed by atoms with Gasteiger partial charge in [-0.15, -0.1) is 0 Å². The van der Waals surface area contributed by atoms with Crippen LogP contribution in [-0.4, -0.2) is 38.2 Å². The molecule has 0 amide bonds. The van der Waals surface area contributed by atoms with E-state index in [0.717, 1.165) is 0 Å². The molecule has 2 aromatic carbocycles. The van der Waals surface area contributed by atoms with Crippen LogP contribution in [0.15, 0.2) is 54.6 Å². The standard InChI is InChI=1S/C12H14O4.C8H8O2/c1-3-15-11(13)9-7-5-6-8-10(9)12(14)16-4-2;1-10-8(9)7-5-3-2-4-6-7/h5-8H,3-4H2,1-2H3;2-6H,1H3. The first kappa shape index (κ1) is 20.9. The van der Waals surface area contributed by atoms with Gasteiger partial charge in [-0.25, -0.2) is 14.4 Å². The molecule has 0 aliphatic rings. The summed E-state index contributed by atoms with van der Waals surface area (Å²) in [5.41, 5.74) is 1.07. The lowest BCUT2D eigenvalue weighted by atomic mass is 10.1. The van der Waals surface area contributed by atoms with E-state index in [4.69, 9.17) is 9.47 Å². The van der Waals surface area contributed by atoms with Gasteiger partial charge in [-0.2, -0.15) is 0 Å². The summed E-state index contributed by atoms with van der Waals surface area (Å²) in [5.74, 6) is -1.31. The van der Waals surface area contributed by atoms with Crippen molar-refractivity contribution < 1.29 is 28.6 Å². The molecule has 0 N–H and O–H groups in total. The van der Waals surface area contributed by atoms with Gasteiger partial charge < -0.3 is 14.2 Å². The summed E-state index contributed by atoms with van der Waals surface area (Å²) < 4.78 is 14.2. The first-order valence-corrected chi connectivity index (χ1v) is 8.11. The first-order valence-electron chi connectivity index (χ1n) is 8.11. The Hall–Kier alpha value is -3.15. The molecule has 0 heterocycles. The van der Waals surface area contributed by atoms with Crippen LogP contribution >= 0.6 is 0 Å². The maximum absolute atomic E-state index is 11.5. The summed E-state index contributed by atoms with van der Waals surface area (Å²) in [4.78, 5) is 33.9. The third-order valence-electron chi connectivity index (χ3n) is 3.11. The highest BCUT2D eigenvalue weighted by molar-refractivity contribution is 6.03. The average Bonchev–Trinajstić information content (AvgIpc) is 2.69. The fraction of sp³-hybridized carbons (Fsp3) is 0.250. The molecule has 2 aromatic rings. The van der Waals surface area contributed by atoms with Crippen LogP contribution in [0.2, 0.25) is 0 Å². The molecule has 26 heavy (non-hydrogen) atoms. The molecule has 0 aromatic heterocycles. The Kier molecular flexibility index (Phi) is 9.17. The zero-order valence-corrected chi connectivity index (χ0v) is 15.1. The number of rotatable bonds is 5. The summed E-state index contributed by atoms with van der Waals surface area (Å²) in [6, 6.07) is 15.3. The summed E-state index contributed by atoms with van der Waals surface area (Å²) in [7, 11) is 1.37. The molecule has 0 aliphatic carbocycles. The third-order valence-corrected chi connectivity index (χ3v) is 3.11. The molecule has 0 bridgehead atoms. The van der Waals surface area contributed by atoms with Gasteiger partial charge in [-0.1, -0.05) is 30.3 Å². The van der Waals surface area contributed by atoms with Crippen molar-refractivity contribution in [1.29, 1.82) is 0 Å². The second-order valence-corrected chi connectivity index (χ2v) is 4.84. The van der Waals surface area contributed by atoms with E-state index in [1.54, 1.807) is 62.4 Å². The van der Waals surface area contributed by atoms with Gasteiger partial charge in [-0.05, 0) is 38.1 Å². The highest BCUT2D eigenvalue weighted by atomic mass is 16.5. The summed E-state index contributed by atoms with van der Waals surface area (Å²) in [6.45, 7) is 3.97. The highest BCUT2D eigenvalue weighted by Gasteiger charge is 2.17. The lowest BCUT2D eigenvalue weighted by Crippen LogP contribution is -2.13. The molecule has 0 aliphatic heterocycles. The van der Waals surface area contributed by atoms with Gasteiger partial charge in [0, 0.05) is 0 Å². The van der Waals surface area contributed by atoms with Gasteiger partial charge in [0.05, 0.1) is 37.0 Å². The molecule has 0 unspecified atom stereocenters. The Morgan fingerprint density at radius 1 is 0.692 bits per heavy atom. The van der Waals surface area contributed by atoms with Gasteiger partial charge in [0.2, 0.25) is 0 Å². The van der Waals surface area contributed by atoms with E-state index < -0.39 is 11.9 Å². The van der Waals surface area contributed by atoms with Crippen LogP contribution in [0.1, 0.15) is 44.9 Å². The Bertz CT molecular complexity index is 687.